The van der Waals surface area contributed by atoms with Crippen LogP contribution in [0.2, 0.25) is 0 Å². The minimum atomic E-state index is -0.173. The van der Waals surface area contributed by atoms with Gasteiger partial charge in [-0.05, 0) is 25.5 Å². The van der Waals surface area contributed by atoms with Crippen molar-refractivity contribution >= 4 is 5.91 Å². The molecule has 1 aliphatic rings. The summed E-state index contributed by atoms with van der Waals surface area (Å²) in [6.07, 6.45) is 3.60. The van der Waals surface area contributed by atoms with E-state index in [-0.39, 0.29) is 17.4 Å². The summed E-state index contributed by atoms with van der Waals surface area (Å²) in [4.78, 5) is 36.7. The smallest absolute Gasteiger partial charge is 0.255 e. The third-order valence-electron chi connectivity index (χ3n) is 4.02. The Morgan fingerprint density at radius 3 is 3.04 bits per heavy atom. The second-order valence-electron chi connectivity index (χ2n) is 5.99. The predicted octanol–water partition coefficient (Wildman–Crippen LogP) is 0.805. The number of aromatic nitrogens is 3. The van der Waals surface area contributed by atoms with Gasteiger partial charge in [-0.15, -0.1) is 0 Å². The number of pyridine rings is 1. The second kappa shape index (κ2) is 7.35. The number of ether oxygens (including phenoxy) is 1. The number of hydrogen-bond donors (Lipinski definition) is 1. The lowest BCUT2D eigenvalue weighted by Gasteiger charge is -2.23. The molecule has 1 N–H and O–H groups in total. The van der Waals surface area contributed by atoms with Gasteiger partial charge in [0.2, 0.25) is 0 Å². The third kappa shape index (κ3) is 4.05. The molecule has 0 bridgehead atoms. The molecule has 1 aliphatic heterocycles. The van der Waals surface area contributed by atoms with E-state index < -0.39 is 0 Å². The standard InChI is InChI=1S/C17H20N4O3/c1-12-2-3-14(8-18-12)17(23)21-4-5-24-10-13(9-21)6-15-7-16(22)20-11-19-15/h2-3,7-8,11,13H,4-6,9-10H2,1H3,(H,19,20,22)/t13-/m1/s1. The zero-order valence-electron chi connectivity index (χ0n) is 13.6. The summed E-state index contributed by atoms with van der Waals surface area (Å²) >= 11 is 0. The van der Waals surface area contributed by atoms with Gasteiger partial charge in [0, 0.05) is 42.7 Å². The van der Waals surface area contributed by atoms with E-state index in [4.69, 9.17) is 4.74 Å². The van der Waals surface area contributed by atoms with Crippen LogP contribution < -0.4 is 5.56 Å². The van der Waals surface area contributed by atoms with E-state index in [1.807, 2.05) is 13.0 Å². The van der Waals surface area contributed by atoms with Crippen LogP contribution in [0.25, 0.3) is 0 Å². The van der Waals surface area contributed by atoms with Crippen molar-refractivity contribution in [3.05, 3.63) is 58.0 Å². The molecule has 1 saturated heterocycles. The van der Waals surface area contributed by atoms with Crippen LogP contribution in [-0.2, 0) is 11.2 Å². The molecule has 1 amide bonds. The van der Waals surface area contributed by atoms with E-state index in [0.29, 0.717) is 44.0 Å². The molecule has 3 heterocycles. The lowest BCUT2D eigenvalue weighted by Crippen LogP contribution is -2.36. The van der Waals surface area contributed by atoms with Crippen molar-refractivity contribution in [3.63, 3.8) is 0 Å². The molecule has 1 fully saturated rings. The maximum Gasteiger partial charge on any atom is 0.255 e. The molecule has 3 rings (SSSR count). The fraction of sp³-hybridized carbons (Fsp3) is 0.412. The van der Waals surface area contributed by atoms with Crippen LogP contribution in [0, 0.1) is 12.8 Å². The maximum absolute atomic E-state index is 12.7. The number of carbonyl (C=O) groups is 1. The summed E-state index contributed by atoms with van der Waals surface area (Å²) in [5.74, 6) is 0.0565. The first-order chi connectivity index (χ1) is 11.6. The number of hydrogen-bond acceptors (Lipinski definition) is 5. The zero-order valence-corrected chi connectivity index (χ0v) is 13.6. The van der Waals surface area contributed by atoms with Crippen molar-refractivity contribution < 1.29 is 9.53 Å². The molecule has 0 unspecified atom stereocenters. The molecule has 0 aliphatic carbocycles. The Morgan fingerprint density at radius 2 is 2.29 bits per heavy atom. The fourth-order valence-electron chi connectivity index (χ4n) is 2.78. The molecule has 2 aromatic rings. The molecule has 0 spiro atoms. The SMILES string of the molecule is Cc1ccc(C(=O)N2CCOC[C@H](Cc3cc(=O)[nH]cn3)C2)cn1. The van der Waals surface area contributed by atoms with Gasteiger partial charge in [-0.25, -0.2) is 4.98 Å². The Hall–Kier alpha value is -2.54. The van der Waals surface area contributed by atoms with Crippen molar-refractivity contribution in [2.45, 2.75) is 13.3 Å². The summed E-state index contributed by atoms with van der Waals surface area (Å²) < 4.78 is 5.62. The van der Waals surface area contributed by atoms with Crippen molar-refractivity contribution in [2.24, 2.45) is 5.92 Å². The zero-order chi connectivity index (χ0) is 16.9. The number of aromatic amines is 1. The van der Waals surface area contributed by atoms with Gasteiger partial charge in [0.05, 0.1) is 25.1 Å². The molecule has 1 atom stereocenters. The summed E-state index contributed by atoms with van der Waals surface area (Å²) in [5.41, 5.74) is 1.99. The van der Waals surface area contributed by atoms with E-state index in [0.717, 1.165) is 5.69 Å². The van der Waals surface area contributed by atoms with Crippen LogP contribution >= 0.6 is 0 Å². The van der Waals surface area contributed by atoms with Crippen molar-refractivity contribution in [3.8, 4) is 0 Å². The normalized spacial score (nSPS) is 18.2. The average Bonchev–Trinajstić information content (AvgIpc) is 2.80. The highest BCUT2D eigenvalue weighted by Crippen LogP contribution is 2.14. The monoisotopic (exact) mass is 328 g/mol. The van der Waals surface area contributed by atoms with Gasteiger partial charge in [-0.3, -0.25) is 14.6 Å². The first-order valence-electron chi connectivity index (χ1n) is 7.95. The van der Waals surface area contributed by atoms with Crippen LogP contribution in [0.5, 0.6) is 0 Å². The molecule has 126 valence electrons. The number of amides is 1. The largest absolute Gasteiger partial charge is 0.379 e. The molecule has 0 aromatic carbocycles. The molecular weight excluding hydrogens is 308 g/mol. The number of H-pyrrole nitrogens is 1. The summed E-state index contributed by atoms with van der Waals surface area (Å²) in [5, 5.41) is 0. The Morgan fingerprint density at radius 1 is 1.42 bits per heavy atom. The molecule has 0 radical (unpaired) electrons. The topological polar surface area (TPSA) is 88.2 Å². The molecule has 2 aromatic heterocycles. The van der Waals surface area contributed by atoms with Gasteiger partial charge >= 0.3 is 0 Å². The highest BCUT2D eigenvalue weighted by Gasteiger charge is 2.24. The van der Waals surface area contributed by atoms with Gasteiger partial charge < -0.3 is 14.6 Å². The van der Waals surface area contributed by atoms with Crippen LogP contribution in [0.4, 0.5) is 0 Å². The van der Waals surface area contributed by atoms with Gasteiger partial charge in [-0.2, -0.15) is 0 Å². The van der Waals surface area contributed by atoms with E-state index in [1.54, 1.807) is 17.2 Å². The van der Waals surface area contributed by atoms with Crippen LogP contribution in [0.15, 0.2) is 35.5 Å². The lowest BCUT2D eigenvalue weighted by atomic mass is 10.0. The maximum atomic E-state index is 12.7. The van der Waals surface area contributed by atoms with Crippen LogP contribution in [-0.4, -0.2) is 52.1 Å². The Kier molecular flexibility index (Phi) is 5.00. The second-order valence-corrected chi connectivity index (χ2v) is 5.99. The Labute approximate surface area is 139 Å². The lowest BCUT2D eigenvalue weighted by molar-refractivity contribution is 0.0737. The number of nitrogens with zero attached hydrogens (tertiary/aromatic N) is 3. The van der Waals surface area contributed by atoms with Crippen molar-refractivity contribution in [1.29, 1.82) is 0 Å². The molecule has 7 nitrogen and oxygen atoms in total. The predicted molar refractivity (Wildman–Crippen MR) is 87.7 cm³/mol. The van der Waals surface area contributed by atoms with Gasteiger partial charge in [0.25, 0.3) is 11.5 Å². The summed E-state index contributed by atoms with van der Waals surface area (Å²) in [6, 6.07) is 5.11. The van der Waals surface area contributed by atoms with Crippen molar-refractivity contribution in [1.82, 2.24) is 19.9 Å². The van der Waals surface area contributed by atoms with E-state index >= 15 is 0 Å². The van der Waals surface area contributed by atoms with Crippen LogP contribution in [0.3, 0.4) is 0 Å². The number of rotatable bonds is 3. The van der Waals surface area contributed by atoms with Gasteiger partial charge in [0.1, 0.15) is 0 Å². The fourth-order valence-corrected chi connectivity index (χ4v) is 2.78. The quantitative estimate of drug-likeness (QED) is 0.900. The Balaban J connectivity index is 1.71. The molecule has 7 heteroatoms. The average molecular weight is 328 g/mol. The first kappa shape index (κ1) is 16.3. The first-order valence-corrected chi connectivity index (χ1v) is 7.95. The van der Waals surface area contributed by atoms with E-state index in [1.165, 1.54) is 12.4 Å². The van der Waals surface area contributed by atoms with Gasteiger partial charge in [0.15, 0.2) is 0 Å². The molecule has 0 saturated carbocycles. The summed E-state index contributed by atoms with van der Waals surface area (Å²) in [7, 11) is 0. The highest BCUT2D eigenvalue weighted by molar-refractivity contribution is 5.93. The van der Waals surface area contributed by atoms with E-state index in [9.17, 15) is 9.59 Å². The minimum Gasteiger partial charge on any atom is -0.379 e. The van der Waals surface area contributed by atoms with E-state index in [2.05, 4.69) is 15.0 Å². The number of carbonyl (C=O) groups excluding carboxylic acids is 1. The minimum absolute atomic E-state index is 0.0446. The highest BCUT2D eigenvalue weighted by atomic mass is 16.5. The van der Waals surface area contributed by atoms with Crippen molar-refractivity contribution in [2.75, 3.05) is 26.3 Å². The van der Waals surface area contributed by atoms with Crippen LogP contribution in [0.1, 0.15) is 21.7 Å². The number of aryl methyl sites for hydroxylation is 1. The van der Waals surface area contributed by atoms with Gasteiger partial charge in [-0.1, -0.05) is 0 Å². The number of nitrogens with one attached hydrogen (secondary N) is 1. The molecular formula is C17H20N4O3. The summed E-state index contributed by atoms with van der Waals surface area (Å²) in [6.45, 7) is 4.06. The Bertz CT molecular complexity index is 757. The third-order valence-corrected chi connectivity index (χ3v) is 4.02. The molecule has 24 heavy (non-hydrogen) atoms.